The van der Waals surface area contributed by atoms with Crippen LogP contribution in [0, 0.1) is 5.92 Å². The second kappa shape index (κ2) is 10.5. The monoisotopic (exact) mass is 387 g/mol. The van der Waals surface area contributed by atoms with Crippen molar-refractivity contribution in [3.8, 4) is 0 Å². The summed E-state index contributed by atoms with van der Waals surface area (Å²) in [4.78, 5) is 45.9. The third-order valence-corrected chi connectivity index (χ3v) is 3.71. The van der Waals surface area contributed by atoms with Gasteiger partial charge in [0.15, 0.2) is 0 Å². The number of rotatable bonds is 7. The third-order valence-electron chi connectivity index (χ3n) is 3.71. The Bertz CT molecular complexity index is 577. The van der Waals surface area contributed by atoms with Gasteiger partial charge in [0.2, 0.25) is 6.29 Å². The van der Waals surface area contributed by atoms with Crippen LogP contribution >= 0.6 is 0 Å². The number of esters is 3. The maximum atomic E-state index is 11.9. The molecular formula is C17H25NO9. The molecule has 0 spiro atoms. The zero-order chi connectivity index (χ0) is 20.6. The van der Waals surface area contributed by atoms with E-state index < -0.39 is 54.5 Å². The number of hydrogen-bond donors (Lipinski definition) is 1. The number of carbonyl (C=O) groups is 4. The van der Waals surface area contributed by atoms with Gasteiger partial charge in [-0.1, -0.05) is 19.6 Å². The zero-order valence-corrected chi connectivity index (χ0v) is 15.8. The second-order valence-electron chi connectivity index (χ2n) is 5.95. The van der Waals surface area contributed by atoms with Crippen molar-refractivity contribution in [3.63, 3.8) is 0 Å². The summed E-state index contributed by atoms with van der Waals surface area (Å²) in [6.07, 6.45) is -2.34. The summed E-state index contributed by atoms with van der Waals surface area (Å²) in [7, 11) is 0. The van der Waals surface area contributed by atoms with Gasteiger partial charge in [0.05, 0.1) is 0 Å². The molecule has 1 heterocycles. The van der Waals surface area contributed by atoms with Crippen molar-refractivity contribution < 1.29 is 42.9 Å². The van der Waals surface area contributed by atoms with Crippen LogP contribution in [0.15, 0.2) is 12.7 Å². The number of ether oxygens (including phenoxy) is 5. The number of amides is 1. The summed E-state index contributed by atoms with van der Waals surface area (Å²) in [5, 5.41) is 2.54. The van der Waals surface area contributed by atoms with Gasteiger partial charge in [-0.05, 0) is 0 Å². The first-order chi connectivity index (χ1) is 12.6. The molecule has 0 aliphatic carbocycles. The maximum absolute atomic E-state index is 11.9. The molecule has 0 bridgehead atoms. The Morgan fingerprint density at radius 2 is 1.67 bits per heavy atom. The first-order valence-corrected chi connectivity index (χ1v) is 8.33. The maximum Gasteiger partial charge on any atom is 0.407 e. The van der Waals surface area contributed by atoms with Crippen LogP contribution in [0.3, 0.4) is 0 Å². The highest BCUT2D eigenvalue weighted by Crippen LogP contribution is 2.30. The predicted molar refractivity (Wildman–Crippen MR) is 90.2 cm³/mol. The summed E-state index contributed by atoms with van der Waals surface area (Å²) in [6, 6.07) is -0.871. The Balaban J connectivity index is 3.04. The van der Waals surface area contributed by atoms with E-state index >= 15 is 0 Å². The van der Waals surface area contributed by atoms with E-state index in [9.17, 15) is 19.2 Å². The highest BCUT2D eigenvalue weighted by molar-refractivity contribution is 5.69. The van der Waals surface area contributed by atoms with Crippen molar-refractivity contribution in [2.75, 3.05) is 13.2 Å². The van der Waals surface area contributed by atoms with Crippen LogP contribution in [0.4, 0.5) is 4.79 Å². The Labute approximate surface area is 157 Å². The predicted octanol–water partition coefficient (Wildman–Crippen LogP) is 0.686. The average Bonchev–Trinajstić information content (AvgIpc) is 2.56. The average molecular weight is 387 g/mol. The van der Waals surface area contributed by atoms with Gasteiger partial charge in [-0.2, -0.15) is 0 Å². The quantitative estimate of drug-likeness (QED) is 0.381. The van der Waals surface area contributed by atoms with Crippen LogP contribution in [-0.2, 0) is 38.1 Å². The van der Waals surface area contributed by atoms with Gasteiger partial charge in [-0.3, -0.25) is 14.4 Å². The normalized spacial score (nSPS) is 27.0. The van der Waals surface area contributed by atoms with Crippen molar-refractivity contribution in [2.24, 2.45) is 5.92 Å². The SMILES string of the molecule is C=CCOC(=O)NC1C(C)[C@@H](OC(C)=O)[C@H](COC(C)=O)O[C@H]1OC(C)=O. The van der Waals surface area contributed by atoms with Crippen LogP contribution in [0.25, 0.3) is 0 Å². The van der Waals surface area contributed by atoms with Crippen molar-refractivity contribution in [3.05, 3.63) is 12.7 Å². The van der Waals surface area contributed by atoms with Gasteiger partial charge in [0, 0.05) is 26.7 Å². The highest BCUT2D eigenvalue weighted by Gasteiger charge is 2.48. The minimum absolute atomic E-state index is 0.0194. The van der Waals surface area contributed by atoms with Gasteiger partial charge in [-0.25, -0.2) is 4.79 Å². The standard InChI is InChI=1S/C17H25NO9/c1-6-7-23-17(22)18-14-9(2)15(25-11(4)20)13(8-24-10(3)19)27-16(14)26-12(5)21/h6,9,13-16H,1,7-8H2,2-5H3,(H,18,22)/t9?,13-,14?,15+,16+/m0/s1. The fourth-order valence-electron chi connectivity index (χ4n) is 2.61. The van der Waals surface area contributed by atoms with Gasteiger partial charge in [0.25, 0.3) is 0 Å². The molecule has 0 aromatic heterocycles. The number of hydrogen-bond acceptors (Lipinski definition) is 9. The summed E-state index contributed by atoms with van der Waals surface area (Å²) in [6.45, 7) is 8.49. The van der Waals surface area contributed by atoms with E-state index in [2.05, 4.69) is 11.9 Å². The number of carbonyl (C=O) groups excluding carboxylic acids is 4. The van der Waals surface area contributed by atoms with Crippen molar-refractivity contribution in [1.82, 2.24) is 5.32 Å². The van der Waals surface area contributed by atoms with Gasteiger partial charge in [0.1, 0.15) is 31.5 Å². The van der Waals surface area contributed by atoms with Crippen LogP contribution in [0.5, 0.6) is 0 Å². The van der Waals surface area contributed by atoms with Crippen LogP contribution in [0.1, 0.15) is 27.7 Å². The first-order valence-electron chi connectivity index (χ1n) is 8.33. The fourth-order valence-corrected chi connectivity index (χ4v) is 2.61. The van der Waals surface area contributed by atoms with E-state index in [4.69, 9.17) is 23.7 Å². The molecule has 1 aliphatic heterocycles. The second-order valence-corrected chi connectivity index (χ2v) is 5.95. The van der Waals surface area contributed by atoms with E-state index in [1.165, 1.54) is 26.8 Å². The van der Waals surface area contributed by atoms with E-state index in [-0.39, 0.29) is 13.2 Å². The van der Waals surface area contributed by atoms with E-state index in [0.29, 0.717) is 0 Å². The first kappa shape index (κ1) is 22.4. The molecular weight excluding hydrogens is 362 g/mol. The Morgan fingerprint density at radius 3 is 2.19 bits per heavy atom. The lowest BCUT2D eigenvalue weighted by Gasteiger charge is -2.44. The van der Waals surface area contributed by atoms with Gasteiger partial charge >= 0.3 is 24.0 Å². The molecule has 0 aromatic rings. The Morgan fingerprint density at radius 1 is 1.04 bits per heavy atom. The van der Waals surface area contributed by atoms with E-state index in [1.807, 2.05) is 0 Å². The smallest absolute Gasteiger partial charge is 0.407 e. The van der Waals surface area contributed by atoms with Crippen LogP contribution in [-0.4, -0.2) is 61.8 Å². The lowest BCUT2D eigenvalue weighted by molar-refractivity contribution is -0.255. The van der Waals surface area contributed by atoms with Crippen LogP contribution < -0.4 is 5.32 Å². The van der Waals surface area contributed by atoms with E-state index in [0.717, 1.165) is 0 Å². The summed E-state index contributed by atoms with van der Waals surface area (Å²) < 4.78 is 25.9. The molecule has 1 N–H and O–H groups in total. The largest absolute Gasteiger partial charge is 0.463 e. The molecule has 10 heteroatoms. The minimum atomic E-state index is -1.19. The summed E-state index contributed by atoms with van der Waals surface area (Å²) in [5.74, 6) is -2.33. The molecule has 10 nitrogen and oxygen atoms in total. The molecule has 0 saturated carbocycles. The zero-order valence-electron chi connectivity index (χ0n) is 15.8. The van der Waals surface area contributed by atoms with E-state index in [1.54, 1.807) is 6.92 Å². The minimum Gasteiger partial charge on any atom is -0.463 e. The fraction of sp³-hybridized carbons (Fsp3) is 0.647. The van der Waals surface area contributed by atoms with Crippen LogP contribution in [0.2, 0.25) is 0 Å². The molecule has 0 radical (unpaired) electrons. The molecule has 152 valence electrons. The topological polar surface area (TPSA) is 126 Å². The summed E-state index contributed by atoms with van der Waals surface area (Å²) in [5.41, 5.74) is 0. The number of alkyl carbamates (subject to hydrolysis) is 1. The molecule has 1 saturated heterocycles. The molecule has 1 rings (SSSR count). The van der Waals surface area contributed by atoms with Gasteiger partial charge < -0.3 is 29.0 Å². The van der Waals surface area contributed by atoms with Crippen molar-refractivity contribution in [2.45, 2.75) is 52.2 Å². The number of nitrogens with one attached hydrogen (secondary N) is 1. The molecule has 1 fully saturated rings. The lowest BCUT2D eigenvalue weighted by atomic mass is 9.88. The Kier molecular flexibility index (Phi) is 8.73. The summed E-state index contributed by atoms with van der Waals surface area (Å²) >= 11 is 0. The van der Waals surface area contributed by atoms with Crippen molar-refractivity contribution >= 4 is 24.0 Å². The lowest BCUT2D eigenvalue weighted by Crippen LogP contribution is -2.62. The molecule has 5 atom stereocenters. The molecule has 27 heavy (non-hydrogen) atoms. The Hall–Kier alpha value is -2.62. The van der Waals surface area contributed by atoms with Gasteiger partial charge in [-0.15, -0.1) is 0 Å². The molecule has 0 aromatic carbocycles. The third kappa shape index (κ3) is 7.26. The molecule has 1 amide bonds. The molecule has 2 unspecified atom stereocenters. The highest BCUT2D eigenvalue weighted by atomic mass is 16.7. The molecule has 1 aliphatic rings. The van der Waals surface area contributed by atoms with Crippen molar-refractivity contribution in [1.29, 1.82) is 0 Å².